The first-order valence-electron chi connectivity index (χ1n) is 4.18. The van der Waals surface area contributed by atoms with Gasteiger partial charge in [0.25, 0.3) is 6.43 Å². The number of alkyl halides is 2. The van der Waals surface area contributed by atoms with E-state index in [0.29, 0.717) is 6.42 Å². The first-order chi connectivity index (χ1) is 5.84. The molecule has 0 aromatic rings. The van der Waals surface area contributed by atoms with Gasteiger partial charge in [-0.25, -0.2) is 8.78 Å². The maximum absolute atomic E-state index is 11.8. The van der Waals surface area contributed by atoms with E-state index in [4.69, 9.17) is 0 Å². The molecule has 13 heavy (non-hydrogen) atoms. The summed E-state index contributed by atoms with van der Waals surface area (Å²) in [6, 6.07) is 0. The molecule has 0 amide bonds. The van der Waals surface area contributed by atoms with E-state index in [1.807, 2.05) is 13.8 Å². The van der Waals surface area contributed by atoms with Gasteiger partial charge in [0.2, 0.25) is 5.78 Å². The molecule has 1 fully saturated rings. The summed E-state index contributed by atoms with van der Waals surface area (Å²) in [4.78, 5) is 21.7. The Labute approximate surface area is 75.3 Å². The molecule has 2 nitrogen and oxygen atoms in total. The Morgan fingerprint density at radius 1 is 1.46 bits per heavy atom. The molecule has 0 aliphatic heterocycles. The maximum Gasteiger partial charge on any atom is 0.296 e. The van der Waals surface area contributed by atoms with Gasteiger partial charge in [0.15, 0.2) is 0 Å². The van der Waals surface area contributed by atoms with Crippen LogP contribution < -0.4 is 0 Å². The summed E-state index contributed by atoms with van der Waals surface area (Å²) in [6.45, 7) is 3.78. The largest absolute Gasteiger partial charge is 0.299 e. The molecule has 1 aliphatic carbocycles. The van der Waals surface area contributed by atoms with Crippen LogP contribution in [0.3, 0.4) is 0 Å². The number of hydrogen-bond acceptors (Lipinski definition) is 2. The number of carbonyl (C=O) groups excluding carboxylic acids is 2. The highest BCUT2D eigenvalue weighted by Crippen LogP contribution is 2.52. The van der Waals surface area contributed by atoms with E-state index < -0.39 is 18.6 Å². The number of carbonyl (C=O) groups is 2. The van der Waals surface area contributed by atoms with Gasteiger partial charge in [0.1, 0.15) is 5.78 Å². The van der Waals surface area contributed by atoms with E-state index in [2.05, 4.69) is 0 Å². The smallest absolute Gasteiger partial charge is 0.296 e. The summed E-state index contributed by atoms with van der Waals surface area (Å²) in [6.07, 6.45) is -2.90. The molecule has 0 heterocycles. The second-order valence-corrected chi connectivity index (χ2v) is 4.16. The summed E-state index contributed by atoms with van der Waals surface area (Å²) in [5, 5.41) is 0. The van der Waals surface area contributed by atoms with Crippen molar-refractivity contribution in [3.63, 3.8) is 0 Å². The summed E-state index contributed by atoms with van der Waals surface area (Å²) in [5.74, 6) is -1.78. The molecule has 0 spiro atoms. The number of hydrogen-bond donors (Lipinski definition) is 0. The monoisotopic (exact) mass is 190 g/mol. The summed E-state index contributed by atoms with van der Waals surface area (Å²) < 4.78 is 23.5. The molecule has 0 radical (unpaired) electrons. The van der Waals surface area contributed by atoms with Crippen molar-refractivity contribution in [3.05, 3.63) is 0 Å². The minimum Gasteiger partial charge on any atom is -0.299 e. The quantitative estimate of drug-likeness (QED) is 0.634. The fraction of sp³-hybridized carbons (Fsp3) is 0.778. The summed E-state index contributed by atoms with van der Waals surface area (Å²) in [5.41, 5.74) is -0.0838. The predicted molar refractivity (Wildman–Crippen MR) is 42.5 cm³/mol. The van der Waals surface area contributed by atoms with Gasteiger partial charge in [0, 0.05) is 5.92 Å². The third-order valence-corrected chi connectivity index (χ3v) is 2.49. The van der Waals surface area contributed by atoms with E-state index in [1.165, 1.54) is 0 Å². The third-order valence-electron chi connectivity index (χ3n) is 2.49. The van der Waals surface area contributed by atoms with Crippen LogP contribution in [0.2, 0.25) is 0 Å². The van der Waals surface area contributed by atoms with Crippen molar-refractivity contribution in [2.24, 2.45) is 11.3 Å². The van der Waals surface area contributed by atoms with Crippen LogP contribution in [0, 0.1) is 11.3 Å². The van der Waals surface area contributed by atoms with E-state index >= 15 is 0 Å². The van der Waals surface area contributed by atoms with Crippen LogP contribution in [0.25, 0.3) is 0 Å². The molecular formula is C9H12F2O2. The average molecular weight is 190 g/mol. The molecule has 0 N–H and O–H groups in total. The lowest BCUT2D eigenvalue weighted by Gasteiger charge is -2.01. The highest BCUT2D eigenvalue weighted by atomic mass is 19.3. The van der Waals surface area contributed by atoms with Crippen molar-refractivity contribution < 1.29 is 18.4 Å². The van der Waals surface area contributed by atoms with Gasteiger partial charge in [-0.2, -0.15) is 0 Å². The lowest BCUT2D eigenvalue weighted by molar-refractivity contribution is -0.134. The van der Waals surface area contributed by atoms with Crippen LogP contribution in [0.1, 0.15) is 26.7 Å². The Morgan fingerprint density at radius 3 is 2.23 bits per heavy atom. The molecule has 1 aliphatic rings. The van der Waals surface area contributed by atoms with Crippen LogP contribution >= 0.6 is 0 Å². The molecule has 1 rings (SSSR count). The Morgan fingerprint density at radius 2 is 1.92 bits per heavy atom. The maximum atomic E-state index is 11.8. The average Bonchev–Trinajstić information content (AvgIpc) is 2.59. The van der Waals surface area contributed by atoms with Crippen molar-refractivity contribution in [2.45, 2.75) is 33.1 Å². The number of halogens is 2. The van der Waals surface area contributed by atoms with Gasteiger partial charge in [-0.3, -0.25) is 9.59 Å². The molecule has 0 aromatic carbocycles. The zero-order chi connectivity index (χ0) is 10.2. The van der Waals surface area contributed by atoms with Gasteiger partial charge in [0.05, 0.1) is 6.42 Å². The summed E-state index contributed by atoms with van der Waals surface area (Å²) >= 11 is 0. The van der Waals surface area contributed by atoms with Crippen molar-refractivity contribution in [3.8, 4) is 0 Å². The Kier molecular flexibility index (Phi) is 2.50. The second kappa shape index (κ2) is 3.16. The Balaban J connectivity index is 2.40. The zero-order valence-corrected chi connectivity index (χ0v) is 7.64. The van der Waals surface area contributed by atoms with Crippen molar-refractivity contribution in [2.75, 3.05) is 0 Å². The molecule has 1 atom stereocenters. The molecule has 0 bridgehead atoms. The lowest BCUT2D eigenvalue weighted by Crippen LogP contribution is -2.17. The first kappa shape index (κ1) is 10.3. The lowest BCUT2D eigenvalue weighted by atomic mass is 10.0. The standard InChI is InChI=1S/C9H12F2O2/c1-9(2)4-5(9)6(12)3-7(13)8(10)11/h5,8H,3-4H2,1-2H3. The number of Topliss-reactive ketones (excluding diaryl/α,β-unsaturated/α-hetero) is 2. The Bertz CT molecular complexity index is 246. The van der Waals surface area contributed by atoms with Crippen LogP contribution in [0.4, 0.5) is 8.78 Å². The second-order valence-electron chi connectivity index (χ2n) is 4.16. The van der Waals surface area contributed by atoms with Gasteiger partial charge in [-0.15, -0.1) is 0 Å². The fourth-order valence-electron chi connectivity index (χ4n) is 1.39. The van der Waals surface area contributed by atoms with Crippen LogP contribution in [0.5, 0.6) is 0 Å². The third kappa shape index (κ3) is 2.32. The van der Waals surface area contributed by atoms with Crippen LogP contribution in [-0.2, 0) is 9.59 Å². The van der Waals surface area contributed by atoms with E-state index in [9.17, 15) is 18.4 Å². The minimum absolute atomic E-state index is 0.0838. The minimum atomic E-state index is -3.01. The molecular weight excluding hydrogens is 178 g/mol. The van der Waals surface area contributed by atoms with E-state index in [0.717, 1.165) is 0 Å². The molecule has 74 valence electrons. The highest BCUT2D eigenvalue weighted by molar-refractivity contribution is 6.02. The van der Waals surface area contributed by atoms with E-state index in [-0.39, 0.29) is 17.1 Å². The van der Waals surface area contributed by atoms with Crippen molar-refractivity contribution in [1.29, 1.82) is 0 Å². The van der Waals surface area contributed by atoms with Crippen LogP contribution in [0.15, 0.2) is 0 Å². The predicted octanol–water partition coefficient (Wildman–Crippen LogP) is 1.83. The van der Waals surface area contributed by atoms with Crippen LogP contribution in [-0.4, -0.2) is 18.0 Å². The van der Waals surface area contributed by atoms with Crippen molar-refractivity contribution in [1.82, 2.24) is 0 Å². The normalized spacial score (nSPS) is 24.5. The zero-order valence-electron chi connectivity index (χ0n) is 7.64. The van der Waals surface area contributed by atoms with Gasteiger partial charge in [-0.05, 0) is 11.8 Å². The molecule has 0 saturated heterocycles. The SMILES string of the molecule is CC1(C)CC1C(=O)CC(=O)C(F)F. The molecule has 1 unspecified atom stereocenters. The number of rotatable bonds is 4. The van der Waals surface area contributed by atoms with Gasteiger partial charge >= 0.3 is 0 Å². The van der Waals surface area contributed by atoms with E-state index in [1.54, 1.807) is 0 Å². The molecule has 0 aromatic heterocycles. The molecule has 4 heteroatoms. The number of ketones is 2. The Hall–Kier alpha value is -0.800. The molecule has 1 saturated carbocycles. The first-order valence-corrected chi connectivity index (χ1v) is 4.18. The van der Waals surface area contributed by atoms with Gasteiger partial charge < -0.3 is 0 Å². The van der Waals surface area contributed by atoms with Crippen molar-refractivity contribution >= 4 is 11.6 Å². The highest BCUT2D eigenvalue weighted by Gasteiger charge is 2.50. The summed E-state index contributed by atoms with van der Waals surface area (Å²) in [7, 11) is 0. The topological polar surface area (TPSA) is 34.1 Å². The fourth-order valence-corrected chi connectivity index (χ4v) is 1.39. The van der Waals surface area contributed by atoms with Gasteiger partial charge in [-0.1, -0.05) is 13.8 Å².